The number of benzene rings is 2. The third kappa shape index (κ3) is 4.00. The predicted molar refractivity (Wildman–Crippen MR) is 102 cm³/mol. The van der Waals surface area contributed by atoms with Crippen LogP contribution in [0.1, 0.15) is 22.8 Å². The average Bonchev–Trinajstić information content (AvgIpc) is 2.63. The van der Waals surface area contributed by atoms with E-state index in [2.05, 4.69) is 10.3 Å². The van der Waals surface area contributed by atoms with Crippen molar-refractivity contribution in [1.29, 1.82) is 0 Å². The summed E-state index contributed by atoms with van der Waals surface area (Å²) in [5, 5.41) is 2.76. The number of carbonyl (C=O) groups excluding carboxylic acids is 1. The van der Waals surface area contributed by atoms with Gasteiger partial charge in [0.15, 0.2) is 0 Å². The molecule has 1 atom stereocenters. The maximum atomic E-state index is 14.4. The maximum absolute atomic E-state index is 14.4. The molecule has 3 N–H and O–H groups in total. The Morgan fingerprint density at radius 2 is 2.08 bits per heavy atom. The molecule has 136 valence electrons. The first kappa shape index (κ1) is 18.7. The van der Waals surface area contributed by atoms with E-state index >= 15 is 0 Å². The summed E-state index contributed by atoms with van der Waals surface area (Å²) in [5.41, 5.74) is 6.04. The second kappa shape index (κ2) is 7.65. The van der Waals surface area contributed by atoms with E-state index < -0.39 is 11.4 Å². The van der Waals surface area contributed by atoms with E-state index in [1.165, 1.54) is 12.1 Å². The predicted octanol–water partition coefficient (Wildman–Crippen LogP) is 3.93. The number of nitrogens with one attached hydrogen (secondary N) is 1. The minimum Gasteiger partial charge on any atom is -0.386 e. The second-order valence-electron chi connectivity index (χ2n) is 6.12. The number of hydrogen-bond acceptors (Lipinski definition) is 5. The van der Waals surface area contributed by atoms with E-state index in [4.69, 9.17) is 21.2 Å². The number of rotatable bonds is 4. The maximum Gasteiger partial charge on any atom is 0.255 e. The van der Waals surface area contributed by atoms with Gasteiger partial charge in [-0.3, -0.25) is 9.79 Å². The zero-order chi connectivity index (χ0) is 18.7. The first-order chi connectivity index (χ1) is 12.4. The van der Waals surface area contributed by atoms with Gasteiger partial charge in [-0.15, -0.1) is 0 Å². The zero-order valence-electron chi connectivity index (χ0n) is 14.0. The van der Waals surface area contributed by atoms with Crippen molar-refractivity contribution in [2.24, 2.45) is 10.7 Å². The van der Waals surface area contributed by atoms with E-state index in [9.17, 15) is 9.18 Å². The van der Waals surface area contributed by atoms with Crippen LogP contribution in [0.5, 0.6) is 0 Å². The number of anilines is 1. The number of carbonyl (C=O) groups is 1. The Morgan fingerprint density at radius 1 is 1.35 bits per heavy atom. The number of amides is 1. The molecule has 0 saturated heterocycles. The molecule has 1 heterocycles. The molecule has 8 heteroatoms. The van der Waals surface area contributed by atoms with Gasteiger partial charge in [0.25, 0.3) is 5.91 Å². The lowest BCUT2D eigenvalue weighted by molar-refractivity contribution is 0.102. The fourth-order valence-electron chi connectivity index (χ4n) is 2.75. The second-order valence-corrected chi connectivity index (χ2v) is 7.21. The topological polar surface area (TPSA) is 76.7 Å². The molecule has 0 spiro atoms. The molecule has 0 bridgehead atoms. The van der Waals surface area contributed by atoms with Gasteiger partial charge < -0.3 is 15.8 Å². The molecule has 0 radical (unpaired) electrons. The molecule has 1 aliphatic rings. The van der Waals surface area contributed by atoms with Crippen molar-refractivity contribution in [3.63, 3.8) is 0 Å². The smallest absolute Gasteiger partial charge is 0.255 e. The summed E-state index contributed by atoms with van der Waals surface area (Å²) in [7, 11) is 6.75. The molecule has 1 amide bonds. The summed E-state index contributed by atoms with van der Waals surface area (Å²) in [4.78, 5) is 17.6. The van der Waals surface area contributed by atoms with Crippen molar-refractivity contribution in [1.82, 2.24) is 0 Å². The summed E-state index contributed by atoms with van der Waals surface area (Å²) in [6.07, 6.45) is 0. The van der Waals surface area contributed by atoms with Gasteiger partial charge in [0, 0.05) is 21.7 Å². The highest BCUT2D eigenvalue weighted by Gasteiger charge is 2.33. The van der Waals surface area contributed by atoms with Crippen LogP contribution in [-0.4, -0.2) is 25.0 Å². The normalized spacial score (nSPS) is 19.7. The molecule has 0 aromatic heterocycles. The van der Waals surface area contributed by atoms with Crippen LogP contribution in [0.15, 0.2) is 52.4 Å². The Balaban J connectivity index is 1.85. The molecule has 0 fully saturated rings. The highest BCUT2D eigenvalue weighted by Crippen LogP contribution is 2.32. The van der Waals surface area contributed by atoms with Crippen molar-refractivity contribution in [2.75, 3.05) is 18.5 Å². The summed E-state index contributed by atoms with van der Waals surface area (Å²) >= 11 is 0. The van der Waals surface area contributed by atoms with Crippen LogP contribution in [0.25, 0.3) is 0 Å². The SMILES string of the molecule is CC1(c2cc(NC(=O)c3ccc(SCl)cc3)ccc2F)COCC(N)=N1. The number of nitrogens with zero attached hydrogens (tertiary/aromatic N) is 1. The summed E-state index contributed by atoms with van der Waals surface area (Å²) < 4.78 is 19.8. The van der Waals surface area contributed by atoms with E-state index in [1.807, 2.05) is 0 Å². The van der Waals surface area contributed by atoms with Gasteiger partial charge in [-0.05, 0) is 71.0 Å². The molecule has 1 unspecified atom stereocenters. The lowest BCUT2D eigenvalue weighted by Gasteiger charge is -2.30. The van der Waals surface area contributed by atoms with Crippen LogP contribution in [0.4, 0.5) is 10.1 Å². The van der Waals surface area contributed by atoms with Crippen molar-refractivity contribution >= 4 is 39.1 Å². The largest absolute Gasteiger partial charge is 0.386 e. The van der Waals surface area contributed by atoms with Crippen molar-refractivity contribution < 1.29 is 13.9 Å². The quantitative estimate of drug-likeness (QED) is 0.825. The Hall–Kier alpha value is -2.09. The summed E-state index contributed by atoms with van der Waals surface area (Å²) in [6.45, 7) is 2.18. The fourth-order valence-corrected chi connectivity index (χ4v) is 3.30. The summed E-state index contributed by atoms with van der Waals surface area (Å²) in [6, 6.07) is 11.2. The fraction of sp³-hybridized carbons (Fsp3) is 0.222. The van der Waals surface area contributed by atoms with Gasteiger partial charge in [0.1, 0.15) is 23.8 Å². The molecular weight excluding hydrogens is 377 g/mol. The van der Waals surface area contributed by atoms with Crippen LogP contribution in [0.2, 0.25) is 0 Å². The highest BCUT2D eigenvalue weighted by molar-refractivity contribution is 8.21. The van der Waals surface area contributed by atoms with E-state index in [-0.39, 0.29) is 19.1 Å². The first-order valence-corrected chi connectivity index (χ1v) is 9.47. The third-order valence-corrected chi connectivity index (χ3v) is 5.02. The van der Waals surface area contributed by atoms with Crippen LogP contribution >= 0.6 is 21.7 Å². The van der Waals surface area contributed by atoms with Crippen molar-refractivity contribution in [2.45, 2.75) is 17.4 Å². The lowest BCUT2D eigenvalue weighted by atomic mass is 9.92. The summed E-state index contributed by atoms with van der Waals surface area (Å²) in [5.74, 6) is -0.428. The molecule has 3 rings (SSSR count). The zero-order valence-corrected chi connectivity index (χ0v) is 15.5. The Bertz CT molecular complexity index is 860. The third-order valence-electron chi connectivity index (χ3n) is 4.03. The molecular formula is C18H17ClFN3O2S. The monoisotopic (exact) mass is 393 g/mol. The van der Waals surface area contributed by atoms with Gasteiger partial charge in [-0.2, -0.15) is 0 Å². The molecule has 26 heavy (non-hydrogen) atoms. The van der Waals surface area contributed by atoms with Crippen molar-refractivity contribution in [3.8, 4) is 0 Å². The number of amidine groups is 1. The minimum absolute atomic E-state index is 0.208. The molecule has 0 aliphatic carbocycles. The van der Waals surface area contributed by atoms with E-state index in [1.54, 1.807) is 37.3 Å². The standard InChI is InChI=1S/C18H17ClFN3O2S/c1-18(10-25-9-16(21)23-18)14-8-12(4-7-15(14)20)22-17(24)11-2-5-13(26-19)6-3-11/h2-8H,9-10H2,1H3,(H2,21,23)(H,22,24). The van der Waals surface area contributed by atoms with Crippen LogP contribution in [0.3, 0.4) is 0 Å². The first-order valence-electron chi connectivity index (χ1n) is 7.83. The Labute approximate surface area is 159 Å². The van der Waals surface area contributed by atoms with Crippen LogP contribution in [0, 0.1) is 5.82 Å². The van der Waals surface area contributed by atoms with Gasteiger partial charge in [0.2, 0.25) is 0 Å². The molecule has 5 nitrogen and oxygen atoms in total. The average molecular weight is 394 g/mol. The minimum atomic E-state index is -0.938. The highest BCUT2D eigenvalue weighted by atomic mass is 35.7. The Kier molecular flexibility index (Phi) is 5.50. The van der Waals surface area contributed by atoms with Gasteiger partial charge in [-0.25, -0.2) is 4.39 Å². The number of nitrogens with two attached hydrogens (primary N) is 1. The number of aliphatic imine (C=N–C) groups is 1. The van der Waals surface area contributed by atoms with E-state index in [0.717, 1.165) is 15.9 Å². The molecule has 0 saturated carbocycles. The Morgan fingerprint density at radius 3 is 2.73 bits per heavy atom. The van der Waals surface area contributed by atoms with Crippen molar-refractivity contribution in [3.05, 3.63) is 59.4 Å². The van der Waals surface area contributed by atoms with Gasteiger partial charge in [-0.1, -0.05) is 0 Å². The molecule has 1 aliphatic heterocycles. The van der Waals surface area contributed by atoms with E-state index in [0.29, 0.717) is 22.6 Å². The van der Waals surface area contributed by atoms with Gasteiger partial charge in [0.05, 0.1) is 6.61 Å². The van der Waals surface area contributed by atoms with Crippen LogP contribution < -0.4 is 11.1 Å². The number of hydrogen-bond donors (Lipinski definition) is 2. The van der Waals surface area contributed by atoms with Gasteiger partial charge >= 0.3 is 0 Å². The lowest BCUT2D eigenvalue weighted by Crippen LogP contribution is -2.38. The number of ether oxygens (including phenoxy) is 1. The molecule has 2 aromatic rings. The molecule has 2 aromatic carbocycles. The van der Waals surface area contributed by atoms with Crippen LogP contribution in [-0.2, 0) is 10.3 Å². The number of halogens is 2.